The van der Waals surface area contributed by atoms with Gasteiger partial charge < -0.3 is 5.32 Å². The molecule has 1 aromatic carbocycles. The van der Waals surface area contributed by atoms with Gasteiger partial charge >= 0.3 is 0 Å². The molecule has 2 aliphatic heterocycles. The van der Waals surface area contributed by atoms with Crippen molar-refractivity contribution in [3.63, 3.8) is 0 Å². The Labute approximate surface area is 186 Å². The van der Waals surface area contributed by atoms with Gasteiger partial charge in [-0.25, -0.2) is 5.43 Å². The number of amidine groups is 1. The number of hydrogen-bond acceptors (Lipinski definition) is 6. The van der Waals surface area contributed by atoms with Crippen LogP contribution in [-0.4, -0.2) is 36.1 Å². The molecule has 0 radical (unpaired) electrons. The van der Waals surface area contributed by atoms with E-state index in [1.165, 1.54) is 30.4 Å². The minimum Gasteiger partial charge on any atom is -0.315 e. The Morgan fingerprint density at radius 3 is 2.71 bits per heavy atom. The molecule has 2 heterocycles. The van der Waals surface area contributed by atoms with Gasteiger partial charge in [0.1, 0.15) is 5.66 Å². The van der Waals surface area contributed by atoms with E-state index < -0.39 is 0 Å². The molecule has 2 atom stereocenters. The van der Waals surface area contributed by atoms with Gasteiger partial charge in [0.05, 0.1) is 0 Å². The van der Waals surface area contributed by atoms with Gasteiger partial charge in [-0.3, -0.25) is 15.8 Å². The molecule has 3 aliphatic rings. The van der Waals surface area contributed by atoms with Crippen molar-refractivity contribution in [1.82, 2.24) is 26.5 Å². The predicted octanol–water partition coefficient (Wildman–Crippen LogP) is 3.09. The highest BCUT2D eigenvalue weighted by Crippen LogP contribution is 2.41. The summed E-state index contributed by atoms with van der Waals surface area (Å²) >= 11 is 0. The van der Waals surface area contributed by atoms with Gasteiger partial charge in [0.25, 0.3) is 0 Å². The zero-order valence-corrected chi connectivity index (χ0v) is 19.0. The van der Waals surface area contributed by atoms with Crippen molar-refractivity contribution in [3.8, 4) is 12.3 Å². The van der Waals surface area contributed by atoms with Gasteiger partial charge in [-0.15, -0.1) is 12.3 Å². The Kier molecular flexibility index (Phi) is 6.38. The zero-order chi connectivity index (χ0) is 21.9. The lowest BCUT2D eigenvalue weighted by Crippen LogP contribution is -2.67. The van der Waals surface area contributed by atoms with Gasteiger partial charge in [0, 0.05) is 26.1 Å². The topological polar surface area (TPSA) is 63.7 Å². The summed E-state index contributed by atoms with van der Waals surface area (Å²) in [4.78, 5) is 0. The maximum atomic E-state index is 5.37. The number of rotatable bonds is 9. The van der Waals surface area contributed by atoms with E-state index in [0.717, 1.165) is 31.9 Å². The zero-order valence-electron chi connectivity index (χ0n) is 19.0. The SMILES string of the molecule is C#CCCNCC(C)(C)CNC1(C)NN2C(=NNC2c2ccccc2)C=C1C1CCC1. The minimum atomic E-state index is -0.320. The first-order valence-corrected chi connectivity index (χ1v) is 11.5. The molecule has 6 heteroatoms. The monoisotopic (exact) mass is 420 g/mol. The molecule has 0 saturated heterocycles. The van der Waals surface area contributed by atoms with Crippen molar-refractivity contribution in [2.75, 3.05) is 19.6 Å². The first-order valence-electron chi connectivity index (χ1n) is 11.5. The van der Waals surface area contributed by atoms with Crippen LogP contribution in [0.1, 0.15) is 58.2 Å². The molecule has 1 fully saturated rings. The van der Waals surface area contributed by atoms with Crippen LogP contribution >= 0.6 is 0 Å². The van der Waals surface area contributed by atoms with E-state index in [1.54, 1.807) is 0 Å². The lowest BCUT2D eigenvalue weighted by molar-refractivity contribution is 0.106. The average molecular weight is 421 g/mol. The Morgan fingerprint density at radius 2 is 2.03 bits per heavy atom. The first-order chi connectivity index (χ1) is 14.9. The van der Waals surface area contributed by atoms with Crippen LogP contribution in [0.4, 0.5) is 0 Å². The molecular formula is C25H36N6. The molecule has 2 unspecified atom stereocenters. The summed E-state index contributed by atoms with van der Waals surface area (Å²) in [6.45, 7) is 9.52. The molecule has 4 rings (SSSR count). The number of nitrogens with one attached hydrogen (secondary N) is 4. The van der Waals surface area contributed by atoms with Crippen molar-refractivity contribution in [3.05, 3.63) is 47.5 Å². The number of terminal acetylenes is 1. The van der Waals surface area contributed by atoms with Crippen molar-refractivity contribution in [2.24, 2.45) is 16.4 Å². The van der Waals surface area contributed by atoms with E-state index in [-0.39, 0.29) is 17.2 Å². The van der Waals surface area contributed by atoms with E-state index in [9.17, 15) is 0 Å². The number of benzene rings is 1. The Bertz CT molecular complexity index is 864. The van der Waals surface area contributed by atoms with Gasteiger partial charge in [-0.1, -0.05) is 50.6 Å². The molecule has 6 nitrogen and oxygen atoms in total. The molecule has 31 heavy (non-hydrogen) atoms. The molecule has 0 bridgehead atoms. The molecule has 4 N–H and O–H groups in total. The van der Waals surface area contributed by atoms with E-state index in [2.05, 4.69) is 88.6 Å². The lowest BCUT2D eigenvalue weighted by atomic mass is 9.74. The summed E-state index contributed by atoms with van der Waals surface area (Å²) < 4.78 is 0. The number of hydrogen-bond donors (Lipinski definition) is 4. The Hall–Kier alpha value is -2.33. The second kappa shape index (κ2) is 9.04. The molecule has 1 aliphatic carbocycles. The van der Waals surface area contributed by atoms with Gasteiger partial charge in [0.15, 0.2) is 12.0 Å². The minimum absolute atomic E-state index is 0.0186. The maximum Gasteiger partial charge on any atom is 0.165 e. The summed E-state index contributed by atoms with van der Waals surface area (Å²) in [5, 5.41) is 14.2. The summed E-state index contributed by atoms with van der Waals surface area (Å²) in [6.07, 6.45) is 12.2. The maximum absolute atomic E-state index is 5.37. The summed E-state index contributed by atoms with van der Waals surface area (Å²) in [5.74, 6) is 4.27. The summed E-state index contributed by atoms with van der Waals surface area (Å²) in [5.41, 5.74) is 9.50. The molecule has 166 valence electrons. The lowest BCUT2D eigenvalue weighted by Gasteiger charge is -2.48. The van der Waals surface area contributed by atoms with E-state index in [1.807, 2.05) is 6.07 Å². The molecule has 1 aromatic rings. The fraction of sp³-hybridized carbons (Fsp3) is 0.560. The molecular weight excluding hydrogens is 384 g/mol. The van der Waals surface area contributed by atoms with Crippen LogP contribution in [0.3, 0.4) is 0 Å². The third-order valence-corrected chi connectivity index (χ3v) is 6.64. The van der Waals surface area contributed by atoms with Crippen molar-refractivity contribution < 1.29 is 0 Å². The highest BCUT2D eigenvalue weighted by atomic mass is 15.7. The first kappa shape index (κ1) is 21.9. The predicted molar refractivity (Wildman–Crippen MR) is 127 cm³/mol. The fourth-order valence-corrected chi connectivity index (χ4v) is 4.50. The molecule has 1 saturated carbocycles. The average Bonchev–Trinajstić information content (AvgIpc) is 3.12. The molecule has 0 spiro atoms. The number of hydrazone groups is 1. The third-order valence-electron chi connectivity index (χ3n) is 6.64. The molecule has 0 aromatic heterocycles. The van der Waals surface area contributed by atoms with Gasteiger partial charge in [-0.2, -0.15) is 5.10 Å². The Balaban J connectivity index is 1.50. The normalized spacial score (nSPS) is 25.7. The highest BCUT2D eigenvalue weighted by Gasteiger charge is 2.45. The standard InChI is InChI=1S/C25H36N6/c1-5-6-15-26-17-24(2,3)18-27-25(4)21(19-13-10-14-19)16-22-28-29-23(31(22)30-25)20-11-8-7-9-12-20/h1,7-9,11-12,16,19,23,26-27,29-30H,6,10,13-15,17-18H2,2-4H3. The quantitative estimate of drug-likeness (QED) is 0.365. The van der Waals surface area contributed by atoms with E-state index >= 15 is 0 Å². The Morgan fingerprint density at radius 1 is 1.26 bits per heavy atom. The van der Waals surface area contributed by atoms with Crippen LogP contribution in [0.15, 0.2) is 47.1 Å². The van der Waals surface area contributed by atoms with Crippen LogP contribution in [0.5, 0.6) is 0 Å². The largest absolute Gasteiger partial charge is 0.315 e. The number of fused-ring (bicyclic) bond motifs is 1. The van der Waals surface area contributed by atoms with Crippen molar-refractivity contribution in [1.29, 1.82) is 0 Å². The van der Waals surface area contributed by atoms with Crippen molar-refractivity contribution in [2.45, 2.75) is 58.3 Å². The van der Waals surface area contributed by atoms with Gasteiger partial charge in [-0.05, 0) is 48.3 Å². The summed E-state index contributed by atoms with van der Waals surface area (Å²) in [7, 11) is 0. The van der Waals surface area contributed by atoms with Crippen LogP contribution in [0.2, 0.25) is 0 Å². The number of nitrogens with zero attached hydrogens (tertiary/aromatic N) is 2. The van der Waals surface area contributed by atoms with Crippen LogP contribution in [0.25, 0.3) is 0 Å². The second-order valence-electron chi connectivity index (χ2n) is 9.90. The smallest absolute Gasteiger partial charge is 0.165 e. The van der Waals surface area contributed by atoms with Crippen LogP contribution in [0, 0.1) is 23.7 Å². The fourth-order valence-electron chi connectivity index (χ4n) is 4.50. The van der Waals surface area contributed by atoms with E-state index in [0.29, 0.717) is 5.92 Å². The van der Waals surface area contributed by atoms with Crippen LogP contribution in [-0.2, 0) is 0 Å². The van der Waals surface area contributed by atoms with Crippen LogP contribution < -0.4 is 21.5 Å². The third kappa shape index (κ3) is 4.79. The summed E-state index contributed by atoms with van der Waals surface area (Å²) in [6, 6.07) is 10.5. The van der Waals surface area contributed by atoms with E-state index in [4.69, 9.17) is 6.42 Å². The van der Waals surface area contributed by atoms with Crippen molar-refractivity contribution >= 4 is 5.84 Å². The molecule has 0 amide bonds. The number of hydrazine groups is 1. The highest BCUT2D eigenvalue weighted by molar-refractivity contribution is 5.95. The van der Waals surface area contributed by atoms with Gasteiger partial charge in [0.2, 0.25) is 0 Å². The second-order valence-corrected chi connectivity index (χ2v) is 9.90.